The molecule has 14 heteroatoms. The zero-order chi connectivity index (χ0) is 43.6. The first kappa shape index (κ1) is 43.8. The zero-order valence-corrected chi connectivity index (χ0v) is 35.4. The largest absolute Gasteiger partial charge is 0.375 e. The fourth-order valence-electron chi connectivity index (χ4n) is 8.37. The van der Waals surface area contributed by atoms with Gasteiger partial charge in [0.2, 0.25) is 6.41 Å². The van der Waals surface area contributed by atoms with Gasteiger partial charge in [-0.1, -0.05) is 62.4 Å². The molecular formula is C48H53FN8O5. The molecule has 0 radical (unpaired) electrons. The fraction of sp³-hybridized carbons (Fsp3) is 0.396. The van der Waals surface area contributed by atoms with Crippen LogP contribution in [0.3, 0.4) is 0 Å². The first-order valence-electron chi connectivity index (χ1n) is 21.6. The highest BCUT2D eigenvalue weighted by molar-refractivity contribution is 5.96. The van der Waals surface area contributed by atoms with Crippen LogP contribution in [0.4, 0.5) is 4.39 Å². The molecule has 5 heterocycles. The Bertz CT molecular complexity index is 2480. The minimum Gasteiger partial charge on any atom is -0.375 e. The van der Waals surface area contributed by atoms with Gasteiger partial charge in [0.15, 0.2) is 0 Å². The molecule has 322 valence electrons. The molecule has 0 aliphatic carbocycles. The minimum absolute atomic E-state index is 0.00390. The van der Waals surface area contributed by atoms with E-state index in [1.54, 1.807) is 40.3 Å². The number of halogens is 1. The van der Waals surface area contributed by atoms with Crippen molar-refractivity contribution < 1.29 is 23.5 Å². The van der Waals surface area contributed by atoms with Gasteiger partial charge in [-0.25, -0.2) is 14.5 Å². The van der Waals surface area contributed by atoms with E-state index in [1.165, 1.54) is 17.7 Å². The number of aromatic nitrogens is 3. The van der Waals surface area contributed by atoms with Crippen molar-refractivity contribution in [3.05, 3.63) is 129 Å². The van der Waals surface area contributed by atoms with E-state index in [0.29, 0.717) is 74.0 Å². The molecule has 3 aliphatic rings. The third-order valence-corrected chi connectivity index (χ3v) is 12.1. The minimum atomic E-state index is -0.587. The maximum Gasteiger partial charge on any atom is 0.273 e. The second-order valence-corrected chi connectivity index (χ2v) is 16.0. The Balaban J connectivity index is 0.000000188. The van der Waals surface area contributed by atoms with Crippen LogP contribution in [0.2, 0.25) is 0 Å². The number of carbonyl (C=O) groups excluding carboxylic acids is 3. The molecule has 3 amide bonds. The molecule has 3 fully saturated rings. The molecule has 0 unspecified atom stereocenters. The number of benzene rings is 3. The fourth-order valence-corrected chi connectivity index (χ4v) is 8.37. The second-order valence-electron chi connectivity index (χ2n) is 16.0. The standard InChI is InChI=1S/C27H34N4O2.C21H19FN4O3/c1-3-20-6-5-7-21(16-20)23-17-22(18-28)26(29-19-23)27(32)31-14-10-25(11-15-31)33-24-8-12-30(4-2)13-9-24;22-18-6-5-14(11-17(18)21(29)26-9-7-25(13-27)8-10-26)12-19-15-3-1-2-4-16(15)20(28)24-23-19/h5-7,16-17,19,24-25H,3-4,8-15H2,1-2H3;1-6,11,13H,7-10,12H2,(H,24,28). The van der Waals surface area contributed by atoms with Crippen LogP contribution in [0.25, 0.3) is 21.9 Å². The average molecular weight is 841 g/mol. The average Bonchev–Trinajstić information content (AvgIpc) is 3.33. The Morgan fingerprint density at radius 2 is 1.52 bits per heavy atom. The first-order chi connectivity index (χ1) is 30.2. The third kappa shape index (κ3) is 10.4. The topological polar surface area (TPSA) is 156 Å². The summed E-state index contributed by atoms with van der Waals surface area (Å²) >= 11 is 0. The Morgan fingerprint density at radius 1 is 0.823 bits per heavy atom. The molecule has 3 aliphatic heterocycles. The summed E-state index contributed by atoms with van der Waals surface area (Å²) in [7, 11) is 0. The predicted octanol–water partition coefficient (Wildman–Crippen LogP) is 5.86. The molecule has 5 aromatic rings. The predicted molar refractivity (Wildman–Crippen MR) is 234 cm³/mol. The number of fused-ring (bicyclic) bond motifs is 1. The van der Waals surface area contributed by atoms with E-state index in [2.05, 4.69) is 52.1 Å². The van der Waals surface area contributed by atoms with Crippen molar-refractivity contribution in [2.75, 3.05) is 58.9 Å². The van der Waals surface area contributed by atoms with Gasteiger partial charge in [0, 0.05) is 75.9 Å². The summed E-state index contributed by atoms with van der Waals surface area (Å²) in [4.78, 5) is 60.6. The van der Waals surface area contributed by atoms with Crippen LogP contribution in [0.15, 0.2) is 83.8 Å². The van der Waals surface area contributed by atoms with Gasteiger partial charge in [0.25, 0.3) is 17.4 Å². The summed E-state index contributed by atoms with van der Waals surface area (Å²) in [6.07, 6.45) is 8.16. The lowest BCUT2D eigenvalue weighted by Crippen LogP contribution is -2.48. The number of aromatic amines is 1. The van der Waals surface area contributed by atoms with Crippen LogP contribution in [-0.2, 0) is 22.4 Å². The summed E-state index contributed by atoms with van der Waals surface area (Å²) in [6, 6.07) is 23.7. The van der Waals surface area contributed by atoms with Crippen molar-refractivity contribution in [3.63, 3.8) is 0 Å². The van der Waals surface area contributed by atoms with Crippen molar-refractivity contribution in [1.82, 2.24) is 34.8 Å². The van der Waals surface area contributed by atoms with E-state index in [9.17, 15) is 28.8 Å². The van der Waals surface area contributed by atoms with Crippen LogP contribution in [-0.4, -0.2) is 124 Å². The summed E-state index contributed by atoms with van der Waals surface area (Å²) in [5.41, 5.74) is 4.77. The van der Waals surface area contributed by atoms with Crippen LogP contribution >= 0.6 is 0 Å². The molecule has 2 aromatic heterocycles. The lowest BCUT2D eigenvalue weighted by molar-refractivity contribution is -0.119. The number of amides is 3. The number of ether oxygens (including phenoxy) is 1. The lowest BCUT2D eigenvalue weighted by atomic mass is 10.0. The van der Waals surface area contributed by atoms with Gasteiger partial charge >= 0.3 is 0 Å². The van der Waals surface area contributed by atoms with Gasteiger partial charge in [-0.3, -0.25) is 19.2 Å². The van der Waals surface area contributed by atoms with E-state index >= 15 is 0 Å². The number of likely N-dealkylation sites (tertiary alicyclic amines) is 2. The summed E-state index contributed by atoms with van der Waals surface area (Å²) < 4.78 is 20.7. The maximum absolute atomic E-state index is 14.4. The van der Waals surface area contributed by atoms with Crippen molar-refractivity contribution in [1.29, 1.82) is 5.26 Å². The number of rotatable bonds is 10. The number of nitrogens with one attached hydrogen (secondary N) is 1. The maximum atomic E-state index is 14.4. The number of hydrogen-bond acceptors (Lipinski definition) is 9. The zero-order valence-electron chi connectivity index (χ0n) is 35.4. The van der Waals surface area contributed by atoms with Crippen molar-refractivity contribution >= 4 is 29.0 Å². The molecule has 8 rings (SSSR count). The van der Waals surface area contributed by atoms with Gasteiger partial charge in [0.05, 0.1) is 34.4 Å². The summed E-state index contributed by atoms with van der Waals surface area (Å²) in [5.74, 6) is -1.14. The molecule has 0 saturated carbocycles. The molecule has 3 saturated heterocycles. The molecule has 62 heavy (non-hydrogen) atoms. The van der Waals surface area contributed by atoms with Crippen molar-refractivity contribution in [2.45, 2.75) is 64.6 Å². The highest BCUT2D eigenvalue weighted by atomic mass is 19.1. The molecule has 0 bridgehead atoms. The van der Waals surface area contributed by atoms with Crippen LogP contribution in [0.5, 0.6) is 0 Å². The number of piperazine rings is 1. The molecule has 13 nitrogen and oxygen atoms in total. The summed E-state index contributed by atoms with van der Waals surface area (Å²) in [5, 5.41) is 17.6. The van der Waals surface area contributed by atoms with E-state index in [1.807, 2.05) is 29.2 Å². The Kier molecular flexibility index (Phi) is 14.5. The van der Waals surface area contributed by atoms with E-state index in [0.717, 1.165) is 74.7 Å². The van der Waals surface area contributed by atoms with Gasteiger partial charge in [-0.2, -0.15) is 10.4 Å². The van der Waals surface area contributed by atoms with E-state index < -0.39 is 11.7 Å². The van der Waals surface area contributed by atoms with Crippen LogP contribution in [0, 0.1) is 17.1 Å². The number of carbonyl (C=O) groups is 3. The molecular weight excluding hydrogens is 788 g/mol. The Hall–Kier alpha value is -6.30. The lowest BCUT2D eigenvalue weighted by Gasteiger charge is -2.36. The quantitative estimate of drug-likeness (QED) is 0.171. The first-order valence-corrected chi connectivity index (χ1v) is 21.6. The van der Waals surface area contributed by atoms with Crippen molar-refractivity contribution in [3.8, 4) is 17.2 Å². The van der Waals surface area contributed by atoms with E-state index in [-0.39, 0.29) is 28.8 Å². The monoisotopic (exact) mass is 840 g/mol. The van der Waals surface area contributed by atoms with Crippen LogP contribution in [0.1, 0.15) is 82.8 Å². The number of nitrogens with zero attached hydrogens (tertiary/aromatic N) is 7. The van der Waals surface area contributed by atoms with Gasteiger partial charge < -0.3 is 24.3 Å². The molecule has 3 aromatic carbocycles. The smallest absolute Gasteiger partial charge is 0.273 e. The molecule has 0 spiro atoms. The van der Waals surface area contributed by atoms with Crippen molar-refractivity contribution in [2.24, 2.45) is 0 Å². The Labute approximate surface area is 361 Å². The number of nitriles is 1. The van der Waals surface area contributed by atoms with E-state index in [4.69, 9.17) is 4.74 Å². The second kappa shape index (κ2) is 20.5. The SMILES string of the molecule is CCc1cccc(-c2cnc(C(=O)N3CCC(OC4CCN(CC)CC4)CC3)c(C#N)c2)c1.O=CN1CCN(C(=O)c2cc(Cc3n[nH]c(=O)c4ccccc34)ccc2F)CC1. The molecule has 1 N–H and O–H groups in total. The summed E-state index contributed by atoms with van der Waals surface area (Å²) in [6.45, 7) is 10.5. The third-order valence-electron chi connectivity index (χ3n) is 12.1. The van der Waals surface area contributed by atoms with Crippen LogP contribution < -0.4 is 5.56 Å². The van der Waals surface area contributed by atoms with Gasteiger partial charge in [0.1, 0.15) is 17.6 Å². The number of piperidine rings is 2. The Morgan fingerprint density at radius 3 is 2.19 bits per heavy atom. The number of H-pyrrole nitrogens is 1. The highest BCUT2D eigenvalue weighted by Crippen LogP contribution is 2.26. The molecule has 0 atom stereocenters. The van der Waals surface area contributed by atoms with Gasteiger partial charge in [-0.15, -0.1) is 0 Å². The number of pyridine rings is 1. The number of aryl methyl sites for hydroxylation is 1. The number of hydrogen-bond donors (Lipinski definition) is 1. The highest BCUT2D eigenvalue weighted by Gasteiger charge is 2.30. The normalized spacial score (nSPS) is 16.4. The van der Waals surface area contributed by atoms with Gasteiger partial charge in [-0.05, 0) is 79.6 Å².